The first-order chi connectivity index (χ1) is 21.4. The van der Waals surface area contributed by atoms with Gasteiger partial charge in [-0.15, -0.1) is 0 Å². The minimum atomic E-state index is -1.86. The lowest BCUT2D eigenvalue weighted by molar-refractivity contribution is -0.156. The minimum absolute atomic E-state index is 0.00711. The third kappa shape index (κ3) is 5.65. The Labute approximate surface area is 254 Å². The maximum atomic E-state index is 13.8. The smallest absolute Gasteiger partial charge is 0.343 e. The molecule has 0 spiro atoms. The number of carbonyl (C=O) groups is 4. The number of carbonyl (C=O) groups excluding carboxylic acids is 4. The highest BCUT2D eigenvalue weighted by Crippen LogP contribution is 2.60. The normalized spacial score (nSPS) is 19.2. The van der Waals surface area contributed by atoms with E-state index in [1.807, 2.05) is 0 Å². The van der Waals surface area contributed by atoms with E-state index < -0.39 is 35.4 Å². The average molecular weight is 589 g/mol. The van der Waals surface area contributed by atoms with E-state index in [4.69, 9.17) is 18.9 Å². The largest absolute Gasteiger partial charge is 0.468 e. The van der Waals surface area contributed by atoms with Gasteiger partial charge in [-0.1, -0.05) is 97.1 Å². The van der Waals surface area contributed by atoms with Crippen molar-refractivity contribution in [1.29, 1.82) is 0 Å². The van der Waals surface area contributed by atoms with Crippen LogP contribution in [0, 0.1) is 5.92 Å². The Morgan fingerprint density at radius 1 is 0.614 bits per heavy atom. The molecule has 0 heterocycles. The van der Waals surface area contributed by atoms with Crippen LogP contribution in [0.5, 0.6) is 0 Å². The molecule has 0 bridgehead atoms. The summed E-state index contributed by atoms with van der Waals surface area (Å²) in [5.41, 5.74) is -0.326. The van der Waals surface area contributed by atoms with Crippen LogP contribution in [0.2, 0.25) is 0 Å². The average Bonchev–Trinajstić information content (AvgIpc) is 3.08. The third-order valence-electron chi connectivity index (χ3n) is 7.24. The fraction of sp³-hybridized carbons (Fsp3) is 0.111. The van der Waals surface area contributed by atoms with E-state index in [-0.39, 0.29) is 28.0 Å². The fourth-order valence-corrected chi connectivity index (χ4v) is 5.20. The van der Waals surface area contributed by atoms with Crippen LogP contribution in [0.1, 0.15) is 31.8 Å². The molecule has 0 amide bonds. The van der Waals surface area contributed by atoms with Crippen LogP contribution in [-0.2, 0) is 34.1 Å². The van der Waals surface area contributed by atoms with Crippen molar-refractivity contribution in [1.82, 2.24) is 0 Å². The van der Waals surface area contributed by atoms with E-state index in [0.29, 0.717) is 11.1 Å². The Hall–Kier alpha value is -5.76. The van der Waals surface area contributed by atoms with Crippen molar-refractivity contribution < 1.29 is 38.1 Å². The van der Waals surface area contributed by atoms with Crippen molar-refractivity contribution in [2.75, 3.05) is 14.2 Å². The van der Waals surface area contributed by atoms with E-state index in [2.05, 4.69) is 0 Å². The van der Waals surface area contributed by atoms with Crippen LogP contribution in [0.25, 0.3) is 5.76 Å². The Kier molecular flexibility index (Phi) is 8.81. The lowest BCUT2D eigenvalue weighted by atomic mass is 9.57. The summed E-state index contributed by atoms with van der Waals surface area (Å²) in [7, 11) is 2.40. The van der Waals surface area contributed by atoms with Gasteiger partial charge in [0.1, 0.15) is 11.7 Å². The molecule has 5 rings (SSSR count). The molecule has 1 unspecified atom stereocenters. The molecule has 0 aliphatic heterocycles. The van der Waals surface area contributed by atoms with E-state index in [1.165, 1.54) is 14.2 Å². The standard InChI is InChI=1S/C36H28O8/c1-41-29(37)23-28-30(32(24-15-7-3-8-16-24)43-33(38)25-17-9-4-10-18-25)31(35(40)42-2)36(28,27-21-13-6-14-22-27)44-34(39)26-19-11-5-12-20-26/h3-23,31H,1-2H3/b28-23-,32-30+/t31?,36-/m1/s1. The summed E-state index contributed by atoms with van der Waals surface area (Å²) < 4.78 is 22.5. The van der Waals surface area contributed by atoms with Crippen molar-refractivity contribution in [2.45, 2.75) is 5.60 Å². The van der Waals surface area contributed by atoms with Crippen molar-refractivity contribution >= 4 is 29.6 Å². The van der Waals surface area contributed by atoms with Gasteiger partial charge in [0.15, 0.2) is 5.60 Å². The summed E-state index contributed by atoms with van der Waals surface area (Å²) in [5, 5.41) is 0. The number of hydrogen-bond donors (Lipinski definition) is 0. The van der Waals surface area contributed by atoms with Gasteiger partial charge in [-0.3, -0.25) is 4.79 Å². The summed E-state index contributed by atoms with van der Waals surface area (Å²) in [5.74, 6) is -4.36. The van der Waals surface area contributed by atoms with E-state index in [9.17, 15) is 19.2 Å². The molecule has 1 aliphatic carbocycles. The van der Waals surface area contributed by atoms with Gasteiger partial charge in [0.05, 0.1) is 25.3 Å². The first kappa shape index (κ1) is 29.7. The zero-order valence-electron chi connectivity index (χ0n) is 24.0. The lowest BCUT2D eigenvalue weighted by Crippen LogP contribution is -2.56. The van der Waals surface area contributed by atoms with Gasteiger partial charge < -0.3 is 18.9 Å². The highest BCUT2D eigenvalue weighted by atomic mass is 16.6. The minimum Gasteiger partial charge on any atom is -0.468 e. The predicted molar refractivity (Wildman–Crippen MR) is 161 cm³/mol. The highest BCUT2D eigenvalue weighted by Gasteiger charge is 2.65. The zero-order chi connectivity index (χ0) is 31.1. The van der Waals surface area contributed by atoms with Gasteiger partial charge in [-0.25, -0.2) is 14.4 Å². The number of esters is 4. The Bertz CT molecular complexity index is 1730. The predicted octanol–water partition coefficient (Wildman–Crippen LogP) is 5.91. The van der Waals surface area contributed by atoms with Gasteiger partial charge in [-0.2, -0.15) is 0 Å². The summed E-state index contributed by atoms with van der Waals surface area (Å²) in [4.78, 5) is 53.8. The molecule has 8 nitrogen and oxygen atoms in total. The van der Waals surface area contributed by atoms with Crippen LogP contribution in [0.3, 0.4) is 0 Å². The molecule has 1 aliphatic rings. The zero-order valence-corrected chi connectivity index (χ0v) is 24.0. The molecule has 1 fully saturated rings. The molecule has 0 aromatic heterocycles. The molecule has 1 saturated carbocycles. The lowest BCUT2D eigenvalue weighted by Gasteiger charge is -2.51. The quantitative estimate of drug-likeness (QED) is 0.108. The number of rotatable bonds is 8. The number of hydrogen-bond acceptors (Lipinski definition) is 8. The Morgan fingerprint density at radius 2 is 1.09 bits per heavy atom. The summed E-state index contributed by atoms with van der Waals surface area (Å²) in [6.45, 7) is 0. The van der Waals surface area contributed by atoms with Gasteiger partial charge >= 0.3 is 23.9 Å². The molecule has 2 atom stereocenters. The molecular weight excluding hydrogens is 560 g/mol. The van der Waals surface area contributed by atoms with Crippen LogP contribution < -0.4 is 0 Å². The molecule has 220 valence electrons. The van der Waals surface area contributed by atoms with Gasteiger partial charge in [-0.05, 0) is 24.3 Å². The maximum absolute atomic E-state index is 13.8. The van der Waals surface area contributed by atoms with Crippen LogP contribution in [-0.4, -0.2) is 38.1 Å². The molecule has 0 radical (unpaired) electrons. The molecule has 4 aromatic carbocycles. The number of methoxy groups -OCH3 is 2. The molecular formula is C36H28O8. The van der Waals surface area contributed by atoms with Crippen LogP contribution in [0.15, 0.2) is 139 Å². The first-order valence-corrected chi connectivity index (χ1v) is 13.7. The van der Waals surface area contributed by atoms with E-state index in [1.54, 1.807) is 121 Å². The van der Waals surface area contributed by atoms with E-state index in [0.717, 1.165) is 6.08 Å². The van der Waals surface area contributed by atoms with Crippen LogP contribution in [0.4, 0.5) is 0 Å². The second kappa shape index (κ2) is 13.0. The van der Waals surface area contributed by atoms with E-state index >= 15 is 0 Å². The Morgan fingerprint density at radius 3 is 1.59 bits per heavy atom. The molecule has 0 N–H and O–H groups in total. The monoisotopic (exact) mass is 588 g/mol. The SMILES string of the molecule is COC(=O)/C=C1/C(=C(\OC(=O)c2ccccc2)c2ccccc2)C(C(=O)OC)[C@@]1(OC(=O)c1ccccc1)c1ccccc1. The summed E-state index contributed by atoms with van der Waals surface area (Å²) in [6, 6.07) is 33.8. The summed E-state index contributed by atoms with van der Waals surface area (Å²) >= 11 is 0. The van der Waals surface area contributed by atoms with Crippen molar-refractivity contribution in [3.8, 4) is 0 Å². The fourth-order valence-electron chi connectivity index (χ4n) is 5.20. The van der Waals surface area contributed by atoms with Crippen molar-refractivity contribution in [3.05, 3.63) is 161 Å². The highest BCUT2D eigenvalue weighted by molar-refractivity contribution is 6.00. The number of benzene rings is 4. The second-order valence-electron chi connectivity index (χ2n) is 9.76. The van der Waals surface area contributed by atoms with Crippen molar-refractivity contribution in [3.63, 3.8) is 0 Å². The first-order valence-electron chi connectivity index (χ1n) is 13.7. The number of ether oxygens (including phenoxy) is 4. The van der Waals surface area contributed by atoms with Crippen molar-refractivity contribution in [2.24, 2.45) is 5.92 Å². The van der Waals surface area contributed by atoms with Crippen LogP contribution >= 0.6 is 0 Å². The Balaban J connectivity index is 1.81. The molecule has 4 aromatic rings. The topological polar surface area (TPSA) is 105 Å². The van der Waals surface area contributed by atoms with Gasteiger partial charge in [0.2, 0.25) is 0 Å². The maximum Gasteiger partial charge on any atom is 0.343 e. The third-order valence-corrected chi connectivity index (χ3v) is 7.24. The second-order valence-corrected chi connectivity index (χ2v) is 9.76. The van der Waals surface area contributed by atoms with Gasteiger partial charge in [0, 0.05) is 28.3 Å². The summed E-state index contributed by atoms with van der Waals surface area (Å²) in [6.07, 6.45) is 1.14. The molecule has 44 heavy (non-hydrogen) atoms. The molecule has 0 saturated heterocycles. The molecule has 8 heteroatoms. The van der Waals surface area contributed by atoms with Gasteiger partial charge in [0.25, 0.3) is 0 Å².